The normalized spacial score (nSPS) is 40.5. The number of hydrogen-bond acceptors (Lipinski definition) is 2. The van der Waals surface area contributed by atoms with Crippen molar-refractivity contribution in [3.05, 3.63) is 11.6 Å². The Morgan fingerprint density at radius 1 is 1.30 bits per heavy atom. The summed E-state index contributed by atoms with van der Waals surface area (Å²) in [7, 11) is 0. The molecule has 0 amide bonds. The van der Waals surface area contributed by atoms with Gasteiger partial charge in [-0.05, 0) is 25.2 Å². The van der Waals surface area contributed by atoms with Gasteiger partial charge >= 0.3 is 0 Å². The first-order valence-electron chi connectivity index (χ1n) is 8.47. The van der Waals surface area contributed by atoms with Crippen molar-refractivity contribution in [3.8, 4) is 0 Å². The molecule has 5 atom stereocenters. The van der Waals surface area contributed by atoms with Gasteiger partial charge in [-0.25, -0.2) is 0 Å². The first-order chi connectivity index (χ1) is 9.56. The van der Waals surface area contributed by atoms with E-state index in [1.165, 1.54) is 37.7 Å². The highest BCUT2D eigenvalue weighted by molar-refractivity contribution is 5.20. The quantitative estimate of drug-likeness (QED) is 0.584. The summed E-state index contributed by atoms with van der Waals surface area (Å²) in [6, 6.07) is 0. The Hall–Kier alpha value is -0.340. The standard InChI is InChI=1S/C18H32O2/c1-5-6-7-8-9-16-17-13(2)10-14(3)18(11-19,12-20-16)15(17)4/h10,14-17,19H,5-9,11-12H2,1-4H3/t14-,15-,16+,17+,18-/m1/s1. The van der Waals surface area contributed by atoms with Crippen LogP contribution >= 0.6 is 0 Å². The summed E-state index contributed by atoms with van der Waals surface area (Å²) in [5.41, 5.74) is 1.43. The number of rotatable bonds is 6. The van der Waals surface area contributed by atoms with Gasteiger partial charge in [0.1, 0.15) is 0 Å². The second-order valence-electron chi connectivity index (χ2n) is 7.10. The molecule has 0 spiro atoms. The van der Waals surface area contributed by atoms with Crippen molar-refractivity contribution in [1.29, 1.82) is 0 Å². The van der Waals surface area contributed by atoms with Gasteiger partial charge < -0.3 is 9.84 Å². The van der Waals surface area contributed by atoms with Crippen molar-refractivity contribution in [3.63, 3.8) is 0 Å². The van der Waals surface area contributed by atoms with Crippen molar-refractivity contribution < 1.29 is 9.84 Å². The average molecular weight is 280 g/mol. The Balaban J connectivity index is 2.08. The summed E-state index contributed by atoms with van der Waals surface area (Å²) in [5.74, 6) is 1.45. The molecule has 2 heteroatoms. The lowest BCUT2D eigenvalue weighted by Gasteiger charge is -2.55. The van der Waals surface area contributed by atoms with E-state index < -0.39 is 0 Å². The van der Waals surface area contributed by atoms with Gasteiger partial charge in [-0.15, -0.1) is 0 Å². The van der Waals surface area contributed by atoms with Crippen LogP contribution in [0.5, 0.6) is 0 Å². The van der Waals surface area contributed by atoms with Crippen molar-refractivity contribution in [2.45, 2.75) is 65.9 Å². The maximum absolute atomic E-state index is 9.94. The monoisotopic (exact) mass is 280 g/mol. The molecule has 2 rings (SSSR count). The molecule has 1 aliphatic heterocycles. The van der Waals surface area contributed by atoms with Crippen LogP contribution in [-0.2, 0) is 4.74 Å². The van der Waals surface area contributed by atoms with Gasteiger partial charge in [0.05, 0.1) is 19.3 Å². The number of ether oxygens (including phenoxy) is 1. The van der Waals surface area contributed by atoms with E-state index in [4.69, 9.17) is 4.74 Å². The third kappa shape index (κ3) is 2.69. The van der Waals surface area contributed by atoms with Gasteiger partial charge in [0.25, 0.3) is 0 Å². The molecule has 20 heavy (non-hydrogen) atoms. The predicted molar refractivity (Wildman–Crippen MR) is 83.6 cm³/mol. The lowest BCUT2D eigenvalue weighted by atomic mass is 9.56. The highest BCUT2D eigenvalue weighted by Gasteiger charge is 2.52. The third-order valence-corrected chi connectivity index (χ3v) is 5.99. The van der Waals surface area contributed by atoms with Crippen LogP contribution < -0.4 is 0 Å². The Kier molecular flexibility index (Phi) is 5.30. The third-order valence-electron chi connectivity index (χ3n) is 5.99. The molecule has 0 aromatic carbocycles. The van der Waals surface area contributed by atoms with Gasteiger partial charge in [-0.3, -0.25) is 0 Å². The fourth-order valence-corrected chi connectivity index (χ4v) is 4.45. The van der Waals surface area contributed by atoms with E-state index in [9.17, 15) is 5.11 Å². The van der Waals surface area contributed by atoms with Crippen molar-refractivity contribution in [2.24, 2.45) is 23.2 Å². The van der Waals surface area contributed by atoms with E-state index in [-0.39, 0.29) is 12.0 Å². The van der Waals surface area contributed by atoms with E-state index in [1.807, 2.05) is 0 Å². The summed E-state index contributed by atoms with van der Waals surface area (Å²) in [6.45, 7) is 10.0. The first kappa shape index (κ1) is 16.0. The molecule has 1 N–H and O–H groups in total. The molecular weight excluding hydrogens is 248 g/mol. The molecule has 2 bridgehead atoms. The zero-order valence-electron chi connectivity index (χ0n) is 13.7. The van der Waals surface area contributed by atoms with Crippen LogP contribution in [0, 0.1) is 23.2 Å². The fraction of sp³-hybridized carbons (Fsp3) is 0.889. The van der Waals surface area contributed by atoms with E-state index >= 15 is 0 Å². The topological polar surface area (TPSA) is 29.5 Å². The maximum atomic E-state index is 9.94. The molecule has 1 fully saturated rings. The molecule has 0 aromatic heterocycles. The molecule has 1 saturated heterocycles. The molecule has 0 saturated carbocycles. The highest BCUT2D eigenvalue weighted by Crippen LogP contribution is 2.52. The Morgan fingerprint density at radius 2 is 2.05 bits per heavy atom. The molecule has 116 valence electrons. The van der Waals surface area contributed by atoms with E-state index in [0.29, 0.717) is 23.9 Å². The first-order valence-corrected chi connectivity index (χ1v) is 8.47. The molecule has 2 nitrogen and oxygen atoms in total. The Morgan fingerprint density at radius 3 is 2.70 bits per heavy atom. The van der Waals surface area contributed by atoms with Gasteiger partial charge in [0.15, 0.2) is 0 Å². The predicted octanol–water partition coefficient (Wildman–Crippen LogP) is 4.18. The summed E-state index contributed by atoms with van der Waals surface area (Å²) in [4.78, 5) is 0. The molecule has 1 aliphatic carbocycles. The number of allylic oxidation sites excluding steroid dienone is 1. The van der Waals surface area contributed by atoms with Crippen LogP contribution in [0.2, 0.25) is 0 Å². The van der Waals surface area contributed by atoms with Crippen LogP contribution in [0.25, 0.3) is 0 Å². The minimum Gasteiger partial charge on any atom is -0.396 e. The van der Waals surface area contributed by atoms with Gasteiger partial charge in [-0.1, -0.05) is 58.1 Å². The number of aliphatic hydroxyl groups is 1. The van der Waals surface area contributed by atoms with Crippen molar-refractivity contribution >= 4 is 0 Å². The van der Waals surface area contributed by atoms with E-state index in [2.05, 4.69) is 33.8 Å². The highest BCUT2D eigenvalue weighted by atomic mass is 16.5. The van der Waals surface area contributed by atoms with E-state index in [0.717, 1.165) is 6.61 Å². The zero-order chi connectivity index (χ0) is 14.8. The van der Waals surface area contributed by atoms with Gasteiger partial charge in [-0.2, -0.15) is 0 Å². The maximum Gasteiger partial charge on any atom is 0.0643 e. The molecular formula is C18H32O2. The molecule has 1 heterocycles. The van der Waals surface area contributed by atoms with Gasteiger partial charge in [0.2, 0.25) is 0 Å². The van der Waals surface area contributed by atoms with Crippen LogP contribution in [0.15, 0.2) is 11.6 Å². The fourth-order valence-electron chi connectivity index (χ4n) is 4.45. The summed E-state index contributed by atoms with van der Waals surface area (Å²) in [5, 5.41) is 9.94. The number of fused-ring (bicyclic) bond motifs is 2. The lowest BCUT2D eigenvalue weighted by Crippen LogP contribution is -2.56. The van der Waals surface area contributed by atoms with Crippen molar-refractivity contribution in [2.75, 3.05) is 13.2 Å². The minimum absolute atomic E-state index is 0.0515. The second-order valence-corrected chi connectivity index (χ2v) is 7.10. The molecule has 0 radical (unpaired) electrons. The molecule has 0 unspecified atom stereocenters. The molecule has 2 aliphatic rings. The number of unbranched alkanes of at least 4 members (excludes halogenated alkanes) is 3. The van der Waals surface area contributed by atoms with Crippen LogP contribution in [0.4, 0.5) is 0 Å². The number of hydrogen-bond donors (Lipinski definition) is 1. The van der Waals surface area contributed by atoms with Crippen molar-refractivity contribution in [1.82, 2.24) is 0 Å². The molecule has 0 aromatic rings. The largest absolute Gasteiger partial charge is 0.396 e. The summed E-state index contributed by atoms with van der Waals surface area (Å²) >= 11 is 0. The lowest BCUT2D eigenvalue weighted by molar-refractivity contribution is -0.164. The van der Waals surface area contributed by atoms with Crippen LogP contribution in [0.1, 0.15) is 59.8 Å². The van der Waals surface area contributed by atoms with Crippen LogP contribution in [-0.4, -0.2) is 24.4 Å². The minimum atomic E-state index is -0.0515. The smallest absolute Gasteiger partial charge is 0.0643 e. The van der Waals surface area contributed by atoms with Crippen LogP contribution in [0.3, 0.4) is 0 Å². The second kappa shape index (κ2) is 6.62. The zero-order valence-corrected chi connectivity index (χ0v) is 13.7. The Labute approximate surface area is 124 Å². The summed E-state index contributed by atoms with van der Waals surface area (Å²) < 4.78 is 6.23. The SMILES string of the molecule is CCCCCC[C@@H]1OC[C@]2(CO)[C@H](C)C=C(C)[C@H]1[C@H]2C. The Bertz CT molecular complexity index is 349. The van der Waals surface area contributed by atoms with E-state index in [1.54, 1.807) is 0 Å². The average Bonchev–Trinajstić information content (AvgIpc) is 2.42. The van der Waals surface area contributed by atoms with Gasteiger partial charge in [0, 0.05) is 11.3 Å². The number of aliphatic hydroxyl groups excluding tert-OH is 1. The summed E-state index contributed by atoms with van der Waals surface area (Å²) in [6.07, 6.45) is 9.15.